The van der Waals surface area contributed by atoms with Gasteiger partial charge in [0.25, 0.3) is 0 Å². The predicted octanol–water partition coefficient (Wildman–Crippen LogP) is 5.00. The molecule has 0 aliphatic carbocycles. The van der Waals surface area contributed by atoms with Crippen LogP contribution in [0.5, 0.6) is 17.2 Å². The largest absolute Gasteiger partial charge is 0.490 e. The van der Waals surface area contributed by atoms with E-state index >= 15 is 0 Å². The fourth-order valence-corrected chi connectivity index (χ4v) is 3.08. The van der Waals surface area contributed by atoms with Crippen LogP contribution in [0.15, 0.2) is 53.5 Å². The Morgan fingerprint density at radius 2 is 1.96 bits per heavy atom. The zero-order valence-electron chi connectivity index (χ0n) is 13.3. The van der Waals surface area contributed by atoms with Gasteiger partial charge in [-0.1, -0.05) is 6.58 Å². The highest BCUT2D eigenvalue weighted by Gasteiger charge is 2.30. The Bertz CT molecular complexity index is 850. The lowest BCUT2D eigenvalue weighted by molar-refractivity contribution is -0.137. The predicted molar refractivity (Wildman–Crippen MR) is 92.2 cm³/mol. The maximum atomic E-state index is 12.6. The highest BCUT2D eigenvalue weighted by molar-refractivity contribution is 9.10. The molecule has 0 saturated heterocycles. The van der Waals surface area contributed by atoms with Gasteiger partial charge in [0.15, 0.2) is 0 Å². The molecule has 3 rings (SSSR count). The minimum absolute atomic E-state index is 0.260. The third-order valence-corrected chi connectivity index (χ3v) is 4.32. The summed E-state index contributed by atoms with van der Waals surface area (Å²) in [7, 11) is 0. The molecule has 0 spiro atoms. The van der Waals surface area contributed by atoms with Crippen molar-refractivity contribution in [2.45, 2.75) is 12.2 Å². The summed E-state index contributed by atoms with van der Waals surface area (Å²) in [5.74, 6) is 0.907. The summed E-state index contributed by atoms with van der Waals surface area (Å²) in [6.45, 7) is 3.67. The number of carbonyl (C=O) groups is 1. The van der Waals surface area contributed by atoms with Crippen LogP contribution in [-0.4, -0.2) is 12.5 Å². The normalized spacial score (nSPS) is 15.8. The van der Waals surface area contributed by atoms with Gasteiger partial charge in [-0.3, -0.25) is 4.79 Å². The monoisotopic (exact) mass is 427 g/mol. The van der Waals surface area contributed by atoms with Crippen LogP contribution in [0.4, 0.5) is 13.2 Å². The SMILES string of the molecule is C=CC(=O)NC1COc2c(Br)cc(Oc3ccc(C(F)(F)F)cc3)cc21. The molecule has 26 heavy (non-hydrogen) atoms. The molecule has 4 nitrogen and oxygen atoms in total. The van der Waals surface area contributed by atoms with Crippen molar-refractivity contribution in [1.29, 1.82) is 0 Å². The van der Waals surface area contributed by atoms with Crippen molar-refractivity contribution in [2.24, 2.45) is 0 Å². The van der Waals surface area contributed by atoms with Crippen molar-refractivity contribution in [2.75, 3.05) is 6.61 Å². The zero-order chi connectivity index (χ0) is 18.9. The second-order valence-electron chi connectivity index (χ2n) is 5.52. The van der Waals surface area contributed by atoms with E-state index in [4.69, 9.17) is 9.47 Å². The Kier molecular flexibility index (Phi) is 4.95. The topological polar surface area (TPSA) is 47.6 Å². The van der Waals surface area contributed by atoms with Crippen LogP contribution in [-0.2, 0) is 11.0 Å². The van der Waals surface area contributed by atoms with Crippen LogP contribution >= 0.6 is 15.9 Å². The maximum absolute atomic E-state index is 12.6. The van der Waals surface area contributed by atoms with Crippen LogP contribution in [0.2, 0.25) is 0 Å². The van der Waals surface area contributed by atoms with Crippen LogP contribution in [0, 0.1) is 0 Å². The van der Waals surface area contributed by atoms with Gasteiger partial charge in [-0.05, 0) is 58.4 Å². The van der Waals surface area contributed by atoms with Gasteiger partial charge in [0.05, 0.1) is 16.1 Å². The number of carbonyl (C=O) groups excluding carboxylic acids is 1. The molecule has 1 amide bonds. The molecule has 136 valence electrons. The first kappa shape index (κ1) is 18.3. The van der Waals surface area contributed by atoms with Crippen LogP contribution in [0.3, 0.4) is 0 Å². The molecule has 2 aromatic rings. The molecule has 1 atom stereocenters. The summed E-state index contributed by atoms with van der Waals surface area (Å²) >= 11 is 3.37. The Hall–Kier alpha value is -2.48. The van der Waals surface area contributed by atoms with Gasteiger partial charge in [-0.2, -0.15) is 13.2 Å². The zero-order valence-corrected chi connectivity index (χ0v) is 14.9. The van der Waals surface area contributed by atoms with Gasteiger partial charge < -0.3 is 14.8 Å². The Balaban J connectivity index is 1.83. The second-order valence-corrected chi connectivity index (χ2v) is 6.38. The van der Waals surface area contributed by atoms with E-state index in [-0.39, 0.29) is 24.3 Å². The first-order valence-corrected chi connectivity index (χ1v) is 8.31. The number of hydrogen-bond acceptors (Lipinski definition) is 3. The molecule has 8 heteroatoms. The number of nitrogens with one attached hydrogen (secondary N) is 1. The van der Waals surface area contributed by atoms with E-state index < -0.39 is 11.7 Å². The minimum atomic E-state index is -4.40. The van der Waals surface area contributed by atoms with Gasteiger partial charge in [-0.25, -0.2) is 0 Å². The number of halogens is 4. The molecular formula is C18H13BrF3NO3. The van der Waals surface area contributed by atoms with E-state index in [9.17, 15) is 18.0 Å². The fourth-order valence-electron chi connectivity index (χ4n) is 2.51. The van der Waals surface area contributed by atoms with E-state index in [1.54, 1.807) is 12.1 Å². The molecule has 1 unspecified atom stereocenters. The average Bonchev–Trinajstić information content (AvgIpc) is 2.98. The summed E-state index contributed by atoms with van der Waals surface area (Å²) in [5.41, 5.74) is -0.0444. The molecule has 0 bridgehead atoms. The molecule has 1 aliphatic heterocycles. The molecule has 1 N–H and O–H groups in total. The fraction of sp³-hybridized carbons (Fsp3) is 0.167. The number of benzene rings is 2. The van der Waals surface area contributed by atoms with E-state index in [0.29, 0.717) is 21.5 Å². The Morgan fingerprint density at radius 3 is 2.58 bits per heavy atom. The van der Waals surface area contributed by atoms with Gasteiger partial charge in [0.1, 0.15) is 23.9 Å². The third kappa shape index (κ3) is 3.85. The van der Waals surface area contributed by atoms with Crippen molar-refractivity contribution < 1.29 is 27.4 Å². The summed E-state index contributed by atoms with van der Waals surface area (Å²) in [5, 5.41) is 2.74. The summed E-state index contributed by atoms with van der Waals surface area (Å²) < 4.78 is 49.7. The molecule has 0 saturated carbocycles. The number of amides is 1. The summed E-state index contributed by atoms with van der Waals surface area (Å²) in [6.07, 6.45) is -3.24. The quantitative estimate of drug-likeness (QED) is 0.698. The summed E-state index contributed by atoms with van der Waals surface area (Å²) in [6, 6.07) is 7.35. The van der Waals surface area contributed by atoms with Crippen LogP contribution in [0.1, 0.15) is 17.2 Å². The Labute approximate surface area is 155 Å². The molecule has 0 radical (unpaired) electrons. The van der Waals surface area contributed by atoms with E-state index in [1.165, 1.54) is 12.1 Å². The van der Waals surface area contributed by atoms with Gasteiger partial charge >= 0.3 is 6.18 Å². The van der Waals surface area contributed by atoms with E-state index in [0.717, 1.165) is 18.2 Å². The Morgan fingerprint density at radius 1 is 1.27 bits per heavy atom. The van der Waals surface area contributed by atoms with Gasteiger partial charge in [0, 0.05) is 5.56 Å². The van der Waals surface area contributed by atoms with Gasteiger partial charge in [0.2, 0.25) is 5.91 Å². The number of hydrogen-bond donors (Lipinski definition) is 1. The molecule has 0 aromatic heterocycles. The van der Waals surface area contributed by atoms with Crippen LogP contribution < -0.4 is 14.8 Å². The van der Waals surface area contributed by atoms with Crippen molar-refractivity contribution in [3.8, 4) is 17.2 Å². The number of fused-ring (bicyclic) bond motifs is 1. The molecule has 1 heterocycles. The smallest absolute Gasteiger partial charge is 0.416 e. The first-order valence-electron chi connectivity index (χ1n) is 7.52. The number of alkyl halides is 3. The third-order valence-electron chi connectivity index (χ3n) is 3.73. The van der Waals surface area contributed by atoms with Crippen molar-refractivity contribution in [3.05, 3.63) is 64.7 Å². The lowest BCUT2D eigenvalue weighted by atomic mass is 10.1. The number of ether oxygens (including phenoxy) is 2. The first-order chi connectivity index (χ1) is 12.3. The van der Waals surface area contributed by atoms with E-state index in [1.807, 2.05) is 0 Å². The maximum Gasteiger partial charge on any atom is 0.416 e. The highest BCUT2D eigenvalue weighted by Crippen LogP contribution is 2.42. The van der Waals surface area contributed by atoms with Crippen LogP contribution in [0.25, 0.3) is 0 Å². The minimum Gasteiger partial charge on any atom is -0.490 e. The summed E-state index contributed by atoms with van der Waals surface area (Å²) in [4.78, 5) is 11.5. The van der Waals surface area contributed by atoms with Crippen molar-refractivity contribution in [3.63, 3.8) is 0 Å². The highest BCUT2D eigenvalue weighted by atomic mass is 79.9. The lowest BCUT2D eigenvalue weighted by Crippen LogP contribution is -2.27. The molecular weight excluding hydrogens is 415 g/mol. The van der Waals surface area contributed by atoms with Crippen molar-refractivity contribution >= 4 is 21.8 Å². The van der Waals surface area contributed by atoms with E-state index in [2.05, 4.69) is 27.8 Å². The second kappa shape index (κ2) is 7.03. The molecule has 2 aromatic carbocycles. The number of rotatable bonds is 4. The average molecular weight is 428 g/mol. The molecule has 1 aliphatic rings. The van der Waals surface area contributed by atoms with Crippen molar-refractivity contribution in [1.82, 2.24) is 5.32 Å². The standard InChI is InChI=1S/C18H13BrF3NO3/c1-2-16(24)23-15-9-25-17-13(15)7-12(8-14(17)19)26-11-5-3-10(4-6-11)18(20,21)22/h2-8,15H,1,9H2,(H,23,24). The lowest BCUT2D eigenvalue weighted by Gasteiger charge is -2.13. The molecule has 0 fully saturated rings. The van der Waals surface area contributed by atoms with Gasteiger partial charge in [-0.15, -0.1) is 0 Å².